The number of hydrogen-bond acceptors (Lipinski definition) is 0. The minimum absolute atomic E-state index is 0.163. The molecule has 70 valence electrons. The van der Waals surface area contributed by atoms with Crippen LogP contribution >= 0.6 is 27.5 Å². The molecule has 0 saturated heterocycles. The molecule has 0 amide bonds. The Hall–Kier alpha value is -0.0100. The molecular weight excluding hydrogens is 247 g/mol. The lowest BCUT2D eigenvalue weighted by atomic mass is 9.90. The molecular formula is C11H12BrCl. The summed E-state index contributed by atoms with van der Waals surface area (Å²) in [6.07, 6.45) is 1.08. The maximum Gasteiger partial charge on any atom is 0.0642 e. The van der Waals surface area contributed by atoms with Gasteiger partial charge >= 0.3 is 0 Å². The maximum absolute atomic E-state index is 6.37. The average molecular weight is 260 g/mol. The highest BCUT2D eigenvalue weighted by atomic mass is 79.9. The molecule has 0 spiro atoms. The minimum Gasteiger partial charge on any atom is -0.117 e. The number of benzene rings is 1. The Morgan fingerprint density at radius 2 is 2.15 bits per heavy atom. The number of hydrogen-bond donors (Lipinski definition) is 0. The zero-order valence-electron chi connectivity index (χ0n) is 7.77. The number of rotatable bonds is 0. The Morgan fingerprint density at radius 3 is 2.85 bits per heavy atom. The molecule has 13 heavy (non-hydrogen) atoms. The largest absolute Gasteiger partial charge is 0.117 e. The van der Waals surface area contributed by atoms with Gasteiger partial charge in [-0.15, -0.1) is 11.6 Å². The Bertz CT molecular complexity index is 344. The zero-order chi connectivity index (χ0) is 9.64. The molecule has 0 N–H and O–H groups in total. The Morgan fingerprint density at radius 1 is 1.46 bits per heavy atom. The van der Waals surface area contributed by atoms with E-state index in [2.05, 4.69) is 48.0 Å². The zero-order valence-corrected chi connectivity index (χ0v) is 10.1. The van der Waals surface area contributed by atoms with E-state index in [4.69, 9.17) is 11.6 Å². The molecule has 0 fully saturated rings. The van der Waals surface area contributed by atoms with E-state index in [1.807, 2.05) is 0 Å². The molecule has 1 aliphatic rings. The summed E-state index contributed by atoms with van der Waals surface area (Å²) in [4.78, 5) is 0. The highest BCUT2D eigenvalue weighted by Crippen LogP contribution is 2.49. The van der Waals surface area contributed by atoms with Gasteiger partial charge in [-0.1, -0.05) is 35.8 Å². The quantitative estimate of drug-likeness (QED) is 0.609. The summed E-state index contributed by atoms with van der Waals surface area (Å²) in [5, 5.41) is 0.163. The van der Waals surface area contributed by atoms with Gasteiger partial charge in [-0.05, 0) is 35.1 Å². The first-order valence-corrected chi connectivity index (χ1v) is 5.66. The fourth-order valence-corrected chi connectivity index (χ4v) is 2.67. The van der Waals surface area contributed by atoms with E-state index in [9.17, 15) is 0 Å². The van der Waals surface area contributed by atoms with Crippen molar-refractivity contribution >= 4 is 27.5 Å². The van der Waals surface area contributed by atoms with Crippen LogP contribution in [0.4, 0.5) is 0 Å². The van der Waals surface area contributed by atoms with Gasteiger partial charge in [0, 0.05) is 4.47 Å². The molecule has 1 aromatic rings. The van der Waals surface area contributed by atoms with Crippen LogP contribution in [-0.2, 0) is 6.42 Å². The Balaban J connectivity index is 2.50. The van der Waals surface area contributed by atoms with Gasteiger partial charge in [0.05, 0.1) is 5.38 Å². The Labute approximate surface area is 92.4 Å². The summed E-state index contributed by atoms with van der Waals surface area (Å²) in [5.41, 5.74) is 2.89. The van der Waals surface area contributed by atoms with Gasteiger partial charge in [-0.2, -0.15) is 0 Å². The highest BCUT2D eigenvalue weighted by molar-refractivity contribution is 9.10. The summed E-state index contributed by atoms with van der Waals surface area (Å²) in [5.74, 6) is 0. The summed E-state index contributed by atoms with van der Waals surface area (Å²) in [6, 6.07) is 6.38. The average Bonchev–Trinajstić information content (AvgIpc) is 2.22. The number of alkyl halides is 1. The summed E-state index contributed by atoms with van der Waals surface area (Å²) < 4.78 is 1.15. The van der Waals surface area contributed by atoms with Gasteiger partial charge in [0.15, 0.2) is 0 Å². The fourth-order valence-electron chi connectivity index (χ4n) is 1.98. The highest BCUT2D eigenvalue weighted by Gasteiger charge is 2.37. The smallest absolute Gasteiger partial charge is 0.0642 e. The first-order chi connectivity index (χ1) is 6.00. The SMILES string of the molecule is CC1(C)Cc2cc(Br)ccc2C1Cl. The van der Waals surface area contributed by atoms with Gasteiger partial charge in [-0.3, -0.25) is 0 Å². The third kappa shape index (κ3) is 1.53. The summed E-state index contributed by atoms with van der Waals surface area (Å²) in [6.45, 7) is 4.44. The first kappa shape index (κ1) is 9.54. The van der Waals surface area contributed by atoms with Crippen LogP contribution in [0.3, 0.4) is 0 Å². The normalized spacial score (nSPS) is 24.5. The second-order valence-corrected chi connectivity index (χ2v) is 5.72. The van der Waals surface area contributed by atoms with Crippen molar-refractivity contribution in [2.24, 2.45) is 5.41 Å². The van der Waals surface area contributed by atoms with E-state index in [0.717, 1.165) is 10.9 Å². The van der Waals surface area contributed by atoms with Crippen molar-refractivity contribution in [2.75, 3.05) is 0 Å². The third-order valence-corrected chi connectivity index (χ3v) is 4.03. The van der Waals surface area contributed by atoms with E-state index >= 15 is 0 Å². The van der Waals surface area contributed by atoms with Gasteiger partial charge in [0.1, 0.15) is 0 Å². The van der Waals surface area contributed by atoms with E-state index in [1.165, 1.54) is 11.1 Å². The molecule has 0 aliphatic heterocycles. The van der Waals surface area contributed by atoms with Crippen molar-refractivity contribution < 1.29 is 0 Å². The van der Waals surface area contributed by atoms with Crippen molar-refractivity contribution in [1.82, 2.24) is 0 Å². The molecule has 2 heteroatoms. The lowest BCUT2D eigenvalue weighted by molar-refractivity contribution is 0.379. The van der Waals surface area contributed by atoms with Crippen LogP contribution in [0.25, 0.3) is 0 Å². The predicted molar refractivity (Wildman–Crippen MR) is 60.2 cm³/mol. The van der Waals surface area contributed by atoms with Crippen molar-refractivity contribution in [1.29, 1.82) is 0 Å². The number of fused-ring (bicyclic) bond motifs is 1. The van der Waals surface area contributed by atoms with E-state index in [-0.39, 0.29) is 10.8 Å². The predicted octanol–water partition coefficient (Wildman–Crippen LogP) is 4.31. The molecule has 0 saturated carbocycles. The van der Waals surface area contributed by atoms with Crippen LogP contribution in [-0.4, -0.2) is 0 Å². The van der Waals surface area contributed by atoms with E-state index in [1.54, 1.807) is 0 Å². The van der Waals surface area contributed by atoms with Crippen molar-refractivity contribution in [3.63, 3.8) is 0 Å². The Kier molecular flexibility index (Phi) is 2.20. The lowest BCUT2D eigenvalue weighted by Crippen LogP contribution is -2.12. The minimum atomic E-state index is 0.163. The molecule has 1 unspecified atom stereocenters. The summed E-state index contributed by atoms with van der Waals surface area (Å²) in [7, 11) is 0. The van der Waals surface area contributed by atoms with Gasteiger partial charge in [-0.25, -0.2) is 0 Å². The second kappa shape index (κ2) is 2.99. The van der Waals surface area contributed by atoms with Crippen LogP contribution in [0.15, 0.2) is 22.7 Å². The van der Waals surface area contributed by atoms with Gasteiger partial charge in [0.2, 0.25) is 0 Å². The van der Waals surface area contributed by atoms with Crippen molar-refractivity contribution in [2.45, 2.75) is 25.6 Å². The monoisotopic (exact) mass is 258 g/mol. The standard InChI is InChI=1S/C11H12BrCl/c1-11(2)6-7-5-8(12)3-4-9(7)10(11)13/h3-5,10H,6H2,1-2H3. The molecule has 0 bridgehead atoms. The first-order valence-electron chi connectivity index (χ1n) is 4.43. The molecule has 1 atom stereocenters. The topological polar surface area (TPSA) is 0 Å². The van der Waals surface area contributed by atoms with E-state index < -0.39 is 0 Å². The maximum atomic E-state index is 6.37. The lowest BCUT2D eigenvalue weighted by Gasteiger charge is -2.21. The van der Waals surface area contributed by atoms with Crippen molar-refractivity contribution in [3.8, 4) is 0 Å². The molecule has 0 heterocycles. The van der Waals surface area contributed by atoms with Crippen LogP contribution in [0.2, 0.25) is 0 Å². The molecule has 0 nitrogen and oxygen atoms in total. The van der Waals surface area contributed by atoms with Crippen LogP contribution in [0, 0.1) is 5.41 Å². The van der Waals surface area contributed by atoms with Gasteiger partial charge < -0.3 is 0 Å². The van der Waals surface area contributed by atoms with Crippen LogP contribution in [0.5, 0.6) is 0 Å². The molecule has 2 rings (SSSR count). The molecule has 1 aromatic carbocycles. The van der Waals surface area contributed by atoms with Crippen LogP contribution < -0.4 is 0 Å². The van der Waals surface area contributed by atoms with E-state index in [0.29, 0.717) is 0 Å². The second-order valence-electron chi connectivity index (χ2n) is 4.37. The van der Waals surface area contributed by atoms with Gasteiger partial charge in [0.25, 0.3) is 0 Å². The summed E-state index contributed by atoms with van der Waals surface area (Å²) >= 11 is 9.85. The third-order valence-electron chi connectivity index (χ3n) is 2.71. The van der Waals surface area contributed by atoms with Crippen LogP contribution in [0.1, 0.15) is 30.4 Å². The van der Waals surface area contributed by atoms with Crippen molar-refractivity contribution in [3.05, 3.63) is 33.8 Å². The number of halogens is 2. The fraction of sp³-hybridized carbons (Fsp3) is 0.455. The molecule has 0 radical (unpaired) electrons. The molecule has 1 aliphatic carbocycles. The molecule has 0 aromatic heterocycles.